The maximum atomic E-state index is 11.7. The summed E-state index contributed by atoms with van der Waals surface area (Å²) in [5.41, 5.74) is 1.79. The molecule has 0 radical (unpaired) electrons. The van der Waals surface area contributed by atoms with E-state index < -0.39 is 5.97 Å². The molecule has 2 heterocycles. The van der Waals surface area contributed by atoms with Crippen molar-refractivity contribution in [3.05, 3.63) is 23.5 Å². The molecule has 0 aliphatic rings. The van der Waals surface area contributed by atoms with Gasteiger partial charge in [-0.25, -0.2) is 14.3 Å². The van der Waals surface area contributed by atoms with Crippen molar-refractivity contribution in [2.75, 3.05) is 19.0 Å². The number of hydrogen-bond donors (Lipinski definition) is 1. The highest BCUT2D eigenvalue weighted by Gasteiger charge is 2.16. The van der Waals surface area contributed by atoms with Crippen molar-refractivity contribution in [3.63, 3.8) is 0 Å². The van der Waals surface area contributed by atoms with Gasteiger partial charge in [-0.05, 0) is 13.8 Å². The lowest BCUT2D eigenvalue weighted by Crippen LogP contribution is -2.06. The zero-order chi connectivity index (χ0) is 12.4. The molecule has 2 rings (SSSR count). The first-order chi connectivity index (χ1) is 8.17. The third-order valence-corrected chi connectivity index (χ3v) is 2.40. The van der Waals surface area contributed by atoms with Crippen LogP contribution in [0.2, 0.25) is 0 Å². The minimum absolute atomic E-state index is 0.334. The molecule has 6 nitrogen and oxygen atoms in total. The molecule has 0 amide bonds. The highest BCUT2D eigenvalue weighted by molar-refractivity contribution is 5.95. The summed E-state index contributed by atoms with van der Waals surface area (Å²) >= 11 is 0. The lowest BCUT2D eigenvalue weighted by molar-refractivity contribution is 0.0528. The zero-order valence-electron chi connectivity index (χ0n) is 10.0. The van der Waals surface area contributed by atoms with Crippen molar-refractivity contribution in [3.8, 4) is 0 Å². The van der Waals surface area contributed by atoms with Crippen LogP contribution in [0.1, 0.15) is 23.0 Å². The van der Waals surface area contributed by atoms with Crippen LogP contribution in [0.3, 0.4) is 0 Å². The van der Waals surface area contributed by atoms with Crippen molar-refractivity contribution >= 4 is 17.4 Å². The van der Waals surface area contributed by atoms with Crippen LogP contribution in [0.4, 0.5) is 5.82 Å². The molecule has 0 saturated carbocycles. The van der Waals surface area contributed by atoms with E-state index in [4.69, 9.17) is 4.74 Å². The Morgan fingerprint density at radius 2 is 2.35 bits per heavy atom. The molecule has 0 spiro atoms. The number of rotatable bonds is 3. The van der Waals surface area contributed by atoms with E-state index in [0.717, 1.165) is 5.69 Å². The summed E-state index contributed by atoms with van der Waals surface area (Å²) in [6.07, 6.45) is 1.48. The number of fused-ring (bicyclic) bond motifs is 1. The molecule has 2 aromatic rings. The van der Waals surface area contributed by atoms with E-state index in [1.807, 2.05) is 13.0 Å². The topological polar surface area (TPSA) is 68.5 Å². The number of hydrogen-bond acceptors (Lipinski definition) is 5. The highest BCUT2D eigenvalue weighted by atomic mass is 16.5. The Balaban J connectivity index is 2.58. The summed E-state index contributed by atoms with van der Waals surface area (Å²) in [6, 6.07) is 1.86. The molecule has 0 fully saturated rings. The number of esters is 1. The Morgan fingerprint density at radius 3 is 3.00 bits per heavy atom. The lowest BCUT2D eigenvalue weighted by Gasteiger charge is -2.04. The summed E-state index contributed by atoms with van der Waals surface area (Å²) in [6.45, 7) is 4.00. The normalized spacial score (nSPS) is 10.5. The maximum Gasteiger partial charge on any atom is 0.343 e. The van der Waals surface area contributed by atoms with E-state index in [0.29, 0.717) is 23.6 Å². The van der Waals surface area contributed by atoms with Gasteiger partial charge >= 0.3 is 5.97 Å². The quantitative estimate of drug-likeness (QED) is 0.809. The van der Waals surface area contributed by atoms with E-state index >= 15 is 0 Å². The predicted octanol–water partition coefficient (Wildman–Crippen LogP) is 1.26. The molecule has 0 aromatic carbocycles. The molecule has 0 aliphatic heterocycles. The van der Waals surface area contributed by atoms with Crippen LogP contribution in [0.15, 0.2) is 12.3 Å². The highest BCUT2D eigenvalue weighted by Crippen LogP contribution is 2.15. The molecule has 0 bridgehead atoms. The van der Waals surface area contributed by atoms with E-state index in [2.05, 4.69) is 15.4 Å². The molecule has 6 heteroatoms. The van der Waals surface area contributed by atoms with Crippen LogP contribution in [0.25, 0.3) is 5.65 Å². The number of nitrogens with zero attached hydrogens (tertiary/aromatic N) is 3. The molecule has 0 atom stereocenters. The standard InChI is InChI=1S/C11H14N4O2/c1-4-17-11(16)8-6-13-15-7(2)5-9(12-3)14-10(8)15/h5-6H,4H2,1-3H3,(H,12,14). The monoisotopic (exact) mass is 234 g/mol. The van der Waals surface area contributed by atoms with Gasteiger partial charge in [-0.3, -0.25) is 0 Å². The largest absolute Gasteiger partial charge is 0.462 e. The summed E-state index contributed by atoms with van der Waals surface area (Å²) in [5.74, 6) is 0.295. The van der Waals surface area contributed by atoms with Gasteiger partial charge in [0.1, 0.15) is 11.4 Å². The summed E-state index contributed by atoms with van der Waals surface area (Å²) < 4.78 is 6.57. The predicted molar refractivity (Wildman–Crippen MR) is 63.2 cm³/mol. The second kappa shape index (κ2) is 4.40. The number of aryl methyl sites for hydroxylation is 1. The number of aromatic nitrogens is 3. The van der Waals surface area contributed by atoms with E-state index in [1.165, 1.54) is 6.20 Å². The number of carbonyl (C=O) groups excluding carboxylic acids is 1. The average molecular weight is 234 g/mol. The van der Waals surface area contributed by atoms with Gasteiger partial charge in [-0.15, -0.1) is 0 Å². The van der Waals surface area contributed by atoms with Crippen LogP contribution in [0.5, 0.6) is 0 Å². The summed E-state index contributed by atoms with van der Waals surface area (Å²) in [7, 11) is 1.78. The SMILES string of the molecule is CCOC(=O)c1cnn2c(C)cc(NC)nc12. The fourth-order valence-corrected chi connectivity index (χ4v) is 1.59. The van der Waals surface area contributed by atoms with Crippen molar-refractivity contribution in [2.45, 2.75) is 13.8 Å². The minimum atomic E-state index is -0.400. The second-order valence-corrected chi connectivity index (χ2v) is 3.55. The van der Waals surface area contributed by atoms with Crippen LogP contribution < -0.4 is 5.32 Å². The Labute approximate surface area is 98.6 Å². The van der Waals surface area contributed by atoms with Gasteiger partial charge in [0.25, 0.3) is 0 Å². The smallest absolute Gasteiger partial charge is 0.343 e. The first-order valence-corrected chi connectivity index (χ1v) is 5.37. The van der Waals surface area contributed by atoms with Crippen LogP contribution in [-0.4, -0.2) is 34.2 Å². The molecular formula is C11H14N4O2. The third-order valence-electron chi connectivity index (χ3n) is 2.40. The lowest BCUT2D eigenvalue weighted by atomic mass is 10.3. The fraction of sp³-hybridized carbons (Fsp3) is 0.364. The molecule has 90 valence electrons. The van der Waals surface area contributed by atoms with Crippen LogP contribution in [0, 0.1) is 6.92 Å². The molecule has 0 saturated heterocycles. The van der Waals surface area contributed by atoms with Crippen molar-refractivity contribution < 1.29 is 9.53 Å². The summed E-state index contributed by atoms with van der Waals surface area (Å²) in [5, 5.41) is 7.07. The number of carbonyl (C=O) groups is 1. The number of anilines is 1. The Hall–Kier alpha value is -2.11. The molecule has 0 aliphatic carbocycles. The fourth-order valence-electron chi connectivity index (χ4n) is 1.59. The molecular weight excluding hydrogens is 220 g/mol. The minimum Gasteiger partial charge on any atom is -0.462 e. The molecule has 1 N–H and O–H groups in total. The Bertz CT molecular complexity index is 562. The zero-order valence-corrected chi connectivity index (χ0v) is 10.0. The van der Waals surface area contributed by atoms with Crippen molar-refractivity contribution in [1.29, 1.82) is 0 Å². The van der Waals surface area contributed by atoms with Crippen molar-refractivity contribution in [2.24, 2.45) is 0 Å². The molecule has 17 heavy (non-hydrogen) atoms. The second-order valence-electron chi connectivity index (χ2n) is 3.55. The number of nitrogens with one attached hydrogen (secondary N) is 1. The first kappa shape index (κ1) is 11.4. The number of ether oxygens (including phenoxy) is 1. The van der Waals surface area contributed by atoms with Gasteiger partial charge in [0.05, 0.1) is 12.8 Å². The van der Waals surface area contributed by atoms with E-state index in [1.54, 1.807) is 18.5 Å². The third kappa shape index (κ3) is 1.93. The maximum absolute atomic E-state index is 11.7. The Kier molecular flexibility index (Phi) is 2.95. The summed E-state index contributed by atoms with van der Waals surface area (Å²) in [4.78, 5) is 16.0. The Morgan fingerprint density at radius 1 is 1.59 bits per heavy atom. The van der Waals surface area contributed by atoms with Gasteiger partial charge in [0.15, 0.2) is 5.65 Å². The first-order valence-electron chi connectivity index (χ1n) is 5.37. The van der Waals surface area contributed by atoms with Crippen molar-refractivity contribution in [1.82, 2.24) is 14.6 Å². The van der Waals surface area contributed by atoms with Gasteiger partial charge in [-0.1, -0.05) is 0 Å². The molecule has 2 aromatic heterocycles. The average Bonchev–Trinajstić information content (AvgIpc) is 2.73. The van der Waals surface area contributed by atoms with Gasteiger partial charge < -0.3 is 10.1 Å². The van der Waals surface area contributed by atoms with E-state index in [-0.39, 0.29) is 0 Å². The van der Waals surface area contributed by atoms with Crippen LogP contribution in [-0.2, 0) is 4.74 Å². The van der Waals surface area contributed by atoms with E-state index in [9.17, 15) is 4.79 Å². The van der Waals surface area contributed by atoms with Gasteiger partial charge in [-0.2, -0.15) is 5.10 Å². The van der Waals surface area contributed by atoms with Gasteiger partial charge in [0, 0.05) is 18.8 Å². The van der Waals surface area contributed by atoms with Crippen LogP contribution >= 0.6 is 0 Å². The van der Waals surface area contributed by atoms with Gasteiger partial charge in [0.2, 0.25) is 0 Å². The molecule has 0 unspecified atom stereocenters.